The van der Waals surface area contributed by atoms with E-state index < -0.39 is 17.7 Å². The van der Waals surface area contributed by atoms with Crippen LogP contribution in [0.15, 0.2) is 48.5 Å². The Morgan fingerprint density at radius 2 is 1.76 bits per heavy atom. The van der Waals surface area contributed by atoms with E-state index in [1.807, 2.05) is 0 Å². The molecule has 2 atom stereocenters. The third-order valence-electron chi connectivity index (χ3n) is 5.42. The van der Waals surface area contributed by atoms with Gasteiger partial charge in [-0.15, -0.1) is 0 Å². The molecule has 1 fully saturated rings. The van der Waals surface area contributed by atoms with Gasteiger partial charge in [-0.1, -0.05) is 36.8 Å². The smallest absolute Gasteiger partial charge is 0.416 e. The van der Waals surface area contributed by atoms with Gasteiger partial charge in [0.15, 0.2) is 0 Å². The number of rotatable bonds is 6. The van der Waals surface area contributed by atoms with Crippen molar-refractivity contribution >= 4 is 11.9 Å². The number of nitrogens with one attached hydrogen (secondary N) is 1. The van der Waals surface area contributed by atoms with Crippen LogP contribution in [-0.2, 0) is 23.9 Å². The maximum absolute atomic E-state index is 12.9. The zero-order chi connectivity index (χ0) is 21.0. The van der Waals surface area contributed by atoms with Crippen LogP contribution in [0.1, 0.15) is 46.3 Å². The lowest BCUT2D eigenvalue weighted by Crippen LogP contribution is -2.33. The highest BCUT2D eigenvalue weighted by molar-refractivity contribution is 5.87. The van der Waals surface area contributed by atoms with E-state index >= 15 is 0 Å². The zero-order valence-electron chi connectivity index (χ0n) is 15.7. The van der Waals surface area contributed by atoms with Crippen LogP contribution in [0.25, 0.3) is 0 Å². The lowest BCUT2D eigenvalue weighted by atomic mass is 9.88. The minimum atomic E-state index is -4.38. The number of amides is 1. The van der Waals surface area contributed by atoms with Gasteiger partial charge in [0.05, 0.1) is 11.1 Å². The number of carboxylic acid groups (broad SMARTS) is 1. The van der Waals surface area contributed by atoms with Crippen LogP contribution in [0.5, 0.6) is 0 Å². The normalized spacial score (nSPS) is 19.1. The molecular formula is C22H22F3NO3. The summed E-state index contributed by atoms with van der Waals surface area (Å²) in [5, 5.41) is 11.8. The van der Waals surface area contributed by atoms with E-state index in [0.717, 1.165) is 30.5 Å². The van der Waals surface area contributed by atoms with Gasteiger partial charge in [-0.05, 0) is 54.5 Å². The number of aromatic carboxylic acids is 1. The topological polar surface area (TPSA) is 66.4 Å². The number of hydrogen-bond donors (Lipinski definition) is 2. The summed E-state index contributed by atoms with van der Waals surface area (Å²) in [4.78, 5) is 23.5. The van der Waals surface area contributed by atoms with Crippen molar-refractivity contribution in [2.45, 2.75) is 38.4 Å². The Hall–Kier alpha value is -2.83. The van der Waals surface area contributed by atoms with Crippen LogP contribution in [0.3, 0.4) is 0 Å². The molecule has 1 aliphatic carbocycles. The van der Waals surface area contributed by atoms with E-state index in [-0.39, 0.29) is 29.9 Å². The molecule has 0 aromatic heterocycles. The summed E-state index contributed by atoms with van der Waals surface area (Å²) in [6.07, 6.45) is -1.54. The van der Waals surface area contributed by atoms with Gasteiger partial charge in [0.25, 0.3) is 0 Å². The first-order valence-corrected chi connectivity index (χ1v) is 9.50. The Morgan fingerprint density at radius 3 is 2.41 bits per heavy atom. The van der Waals surface area contributed by atoms with Crippen molar-refractivity contribution in [1.29, 1.82) is 0 Å². The summed E-state index contributed by atoms with van der Waals surface area (Å²) in [5.74, 6) is -1.35. The molecule has 2 N–H and O–H groups in total. The van der Waals surface area contributed by atoms with E-state index in [4.69, 9.17) is 5.11 Å². The maximum atomic E-state index is 12.9. The third-order valence-corrected chi connectivity index (χ3v) is 5.42. The SMILES string of the molecule is O=C(O)c1ccc(CNC(=O)C2CCCC2Cc2cccc(C(F)(F)F)c2)cc1. The zero-order valence-corrected chi connectivity index (χ0v) is 15.7. The Kier molecular flexibility index (Phi) is 6.25. The lowest BCUT2D eigenvalue weighted by molar-refractivity contribution is -0.137. The second-order valence-electron chi connectivity index (χ2n) is 7.42. The van der Waals surface area contributed by atoms with Crippen molar-refractivity contribution < 1.29 is 27.9 Å². The fourth-order valence-corrected chi connectivity index (χ4v) is 3.89. The molecule has 4 nitrogen and oxygen atoms in total. The number of carbonyl (C=O) groups is 2. The Labute approximate surface area is 166 Å². The Balaban J connectivity index is 1.60. The summed E-state index contributed by atoms with van der Waals surface area (Å²) >= 11 is 0. The summed E-state index contributed by atoms with van der Waals surface area (Å²) < 4.78 is 38.8. The quantitative estimate of drug-likeness (QED) is 0.734. The van der Waals surface area contributed by atoms with Crippen molar-refractivity contribution in [2.24, 2.45) is 11.8 Å². The van der Waals surface area contributed by atoms with Crippen LogP contribution in [0, 0.1) is 11.8 Å². The second kappa shape index (κ2) is 8.68. The largest absolute Gasteiger partial charge is 0.478 e. The highest BCUT2D eigenvalue weighted by Gasteiger charge is 2.34. The molecule has 2 aromatic carbocycles. The average Bonchev–Trinajstić information content (AvgIpc) is 3.14. The van der Waals surface area contributed by atoms with Gasteiger partial charge in [0.1, 0.15) is 0 Å². The third kappa shape index (κ3) is 5.37. The molecule has 3 rings (SSSR count). The van der Waals surface area contributed by atoms with Crippen molar-refractivity contribution in [2.75, 3.05) is 0 Å². The average molecular weight is 405 g/mol. The fourth-order valence-electron chi connectivity index (χ4n) is 3.89. The van der Waals surface area contributed by atoms with E-state index in [1.54, 1.807) is 18.2 Å². The second-order valence-corrected chi connectivity index (χ2v) is 7.42. The lowest BCUT2D eigenvalue weighted by Gasteiger charge is -2.20. The van der Waals surface area contributed by atoms with Gasteiger partial charge in [0, 0.05) is 12.5 Å². The number of halogens is 3. The van der Waals surface area contributed by atoms with Crippen molar-refractivity contribution in [3.05, 3.63) is 70.8 Å². The number of alkyl halides is 3. The fraction of sp³-hybridized carbons (Fsp3) is 0.364. The van der Waals surface area contributed by atoms with Crippen LogP contribution < -0.4 is 5.32 Å². The molecule has 1 amide bonds. The molecule has 154 valence electrons. The van der Waals surface area contributed by atoms with Crippen LogP contribution in [-0.4, -0.2) is 17.0 Å². The van der Waals surface area contributed by atoms with Gasteiger partial charge in [-0.25, -0.2) is 4.79 Å². The van der Waals surface area contributed by atoms with Gasteiger partial charge in [0.2, 0.25) is 5.91 Å². The molecule has 0 heterocycles. The maximum Gasteiger partial charge on any atom is 0.416 e. The van der Waals surface area contributed by atoms with E-state index in [9.17, 15) is 22.8 Å². The predicted molar refractivity (Wildman–Crippen MR) is 101 cm³/mol. The van der Waals surface area contributed by atoms with Gasteiger partial charge in [-0.3, -0.25) is 4.79 Å². The number of hydrogen-bond acceptors (Lipinski definition) is 2. The van der Waals surface area contributed by atoms with Crippen LogP contribution in [0.2, 0.25) is 0 Å². The van der Waals surface area contributed by atoms with Crippen molar-refractivity contribution in [1.82, 2.24) is 5.32 Å². The van der Waals surface area contributed by atoms with E-state index in [2.05, 4.69) is 5.32 Å². The highest BCUT2D eigenvalue weighted by Crippen LogP contribution is 2.36. The predicted octanol–water partition coefficient (Wildman–Crippen LogP) is 4.68. The summed E-state index contributed by atoms with van der Waals surface area (Å²) in [6.45, 7) is 0.283. The first kappa shape index (κ1) is 20.9. The molecule has 2 unspecified atom stereocenters. The minimum Gasteiger partial charge on any atom is -0.478 e. The Morgan fingerprint density at radius 1 is 1.03 bits per heavy atom. The van der Waals surface area contributed by atoms with E-state index in [0.29, 0.717) is 18.4 Å². The first-order valence-electron chi connectivity index (χ1n) is 9.50. The minimum absolute atomic E-state index is 0.00729. The monoisotopic (exact) mass is 405 g/mol. The number of carbonyl (C=O) groups excluding carboxylic acids is 1. The van der Waals surface area contributed by atoms with Gasteiger partial charge >= 0.3 is 12.1 Å². The van der Waals surface area contributed by atoms with Crippen molar-refractivity contribution in [3.63, 3.8) is 0 Å². The summed E-state index contributed by atoms with van der Waals surface area (Å²) in [5.41, 5.74) is 0.889. The molecule has 7 heteroatoms. The standard InChI is InChI=1S/C22H22F3NO3/c23-22(24,25)18-5-1-3-15(12-18)11-17-4-2-6-19(17)20(27)26-13-14-7-9-16(10-8-14)21(28)29/h1,3,5,7-10,12,17,19H,2,4,6,11,13H2,(H,26,27)(H,28,29). The Bertz CT molecular complexity index is 878. The molecule has 29 heavy (non-hydrogen) atoms. The molecule has 0 bridgehead atoms. The first-order chi connectivity index (χ1) is 13.7. The number of benzene rings is 2. The van der Waals surface area contributed by atoms with E-state index in [1.165, 1.54) is 18.2 Å². The molecular weight excluding hydrogens is 383 g/mol. The summed E-state index contributed by atoms with van der Waals surface area (Å²) in [6, 6.07) is 11.6. The molecule has 1 aliphatic rings. The van der Waals surface area contributed by atoms with Crippen LogP contribution >= 0.6 is 0 Å². The molecule has 2 aromatic rings. The molecule has 0 spiro atoms. The van der Waals surface area contributed by atoms with Gasteiger partial charge < -0.3 is 10.4 Å². The van der Waals surface area contributed by atoms with Gasteiger partial charge in [-0.2, -0.15) is 13.2 Å². The molecule has 0 saturated heterocycles. The summed E-state index contributed by atoms with van der Waals surface area (Å²) in [7, 11) is 0. The highest BCUT2D eigenvalue weighted by atomic mass is 19.4. The number of carboxylic acids is 1. The molecule has 0 radical (unpaired) electrons. The molecule has 0 aliphatic heterocycles. The molecule has 1 saturated carbocycles. The van der Waals surface area contributed by atoms with Crippen LogP contribution in [0.4, 0.5) is 13.2 Å². The van der Waals surface area contributed by atoms with Crippen molar-refractivity contribution in [3.8, 4) is 0 Å².